The van der Waals surface area contributed by atoms with E-state index in [1.165, 1.54) is 6.07 Å². The number of carbonyl (C=O) groups excluding carboxylic acids is 2. The van der Waals surface area contributed by atoms with Gasteiger partial charge in [-0.1, -0.05) is 64.1 Å². The van der Waals surface area contributed by atoms with Crippen molar-refractivity contribution >= 4 is 17.5 Å². The number of benzene rings is 2. The molecule has 5 heteroatoms. The van der Waals surface area contributed by atoms with Crippen molar-refractivity contribution < 1.29 is 14.0 Å². The van der Waals surface area contributed by atoms with Crippen LogP contribution >= 0.6 is 0 Å². The molecule has 0 radical (unpaired) electrons. The van der Waals surface area contributed by atoms with Crippen LogP contribution < -0.4 is 10.6 Å². The molecule has 0 aliphatic heterocycles. The van der Waals surface area contributed by atoms with E-state index in [2.05, 4.69) is 38.3 Å². The highest BCUT2D eigenvalue weighted by molar-refractivity contribution is 6.04. The molecule has 2 rings (SSSR count). The van der Waals surface area contributed by atoms with Crippen molar-refractivity contribution in [3.05, 3.63) is 65.0 Å². The Hall–Kier alpha value is -2.69. The van der Waals surface area contributed by atoms with Crippen molar-refractivity contribution in [3.63, 3.8) is 0 Å². The fourth-order valence-corrected chi connectivity index (χ4v) is 2.92. The van der Waals surface area contributed by atoms with Gasteiger partial charge in [0.2, 0.25) is 11.8 Å². The summed E-state index contributed by atoms with van der Waals surface area (Å²) in [5, 5.41) is 5.50. The Bertz CT molecular complexity index is 789. The van der Waals surface area contributed by atoms with Gasteiger partial charge in [0.05, 0.1) is 0 Å². The lowest BCUT2D eigenvalue weighted by Crippen LogP contribution is -2.28. The lowest BCUT2D eigenvalue weighted by molar-refractivity contribution is -0.126. The second-order valence-electron chi connectivity index (χ2n) is 7.21. The van der Waals surface area contributed by atoms with Crippen molar-refractivity contribution in [2.45, 2.75) is 52.5 Å². The Morgan fingerprint density at radius 3 is 2.04 bits per heavy atom. The van der Waals surface area contributed by atoms with E-state index in [0.717, 1.165) is 16.8 Å². The topological polar surface area (TPSA) is 58.2 Å². The number of anilines is 1. The highest BCUT2D eigenvalue weighted by Crippen LogP contribution is 2.32. The van der Waals surface area contributed by atoms with E-state index < -0.39 is 5.91 Å². The summed E-state index contributed by atoms with van der Waals surface area (Å²) >= 11 is 0. The Morgan fingerprint density at radius 2 is 1.48 bits per heavy atom. The van der Waals surface area contributed by atoms with E-state index in [0.29, 0.717) is 5.56 Å². The summed E-state index contributed by atoms with van der Waals surface area (Å²) in [6, 6.07) is 12.2. The quantitative estimate of drug-likeness (QED) is 0.693. The number of amides is 2. The van der Waals surface area contributed by atoms with Gasteiger partial charge in [-0.15, -0.1) is 0 Å². The number of nitrogens with one attached hydrogen (secondary N) is 2. The Labute approximate surface area is 160 Å². The monoisotopic (exact) mass is 370 g/mol. The summed E-state index contributed by atoms with van der Waals surface area (Å²) in [4.78, 5) is 24.5. The van der Waals surface area contributed by atoms with Crippen molar-refractivity contribution in [2.75, 3.05) is 5.32 Å². The largest absolute Gasteiger partial charge is 0.351 e. The molecule has 0 saturated carbocycles. The van der Waals surface area contributed by atoms with Crippen LogP contribution in [0.15, 0.2) is 42.5 Å². The van der Waals surface area contributed by atoms with Gasteiger partial charge in [-0.05, 0) is 29.0 Å². The molecule has 4 nitrogen and oxygen atoms in total. The summed E-state index contributed by atoms with van der Waals surface area (Å²) < 4.78 is 13.6. The molecule has 144 valence electrons. The highest BCUT2D eigenvalue weighted by atomic mass is 19.1. The fourth-order valence-electron chi connectivity index (χ4n) is 2.92. The molecule has 0 saturated heterocycles. The van der Waals surface area contributed by atoms with Crippen LogP contribution in [0.5, 0.6) is 0 Å². The molecule has 2 aromatic rings. The van der Waals surface area contributed by atoms with Crippen LogP contribution in [-0.2, 0) is 16.1 Å². The summed E-state index contributed by atoms with van der Waals surface area (Å²) in [5.41, 5.74) is 3.26. The van der Waals surface area contributed by atoms with Crippen LogP contribution in [0.2, 0.25) is 0 Å². The highest BCUT2D eigenvalue weighted by Gasteiger charge is 2.17. The molecule has 27 heavy (non-hydrogen) atoms. The third-order valence-corrected chi connectivity index (χ3v) is 4.39. The molecule has 2 N–H and O–H groups in total. The molecular formula is C22H27FN2O2. The average molecular weight is 370 g/mol. The summed E-state index contributed by atoms with van der Waals surface area (Å²) in [5.74, 6) is -0.711. The zero-order chi connectivity index (χ0) is 20.0. The van der Waals surface area contributed by atoms with E-state index in [1.54, 1.807) is 18.2 Å². The van der Waals surface area contributed by atoms with Crippen molar-refractivity contribution in [2.24, 2.45) is 0 Å². The van der Waals surface area contributed by atoms with Crippen LogP contribution in [-0.4, -0.2) is 11.8 Å². The van der Waals surface area contributed by atoms with E-state index in [9.17, 15) is 14.0 Å². The van der Waals surface area contributed by atoms with Crippen LogP contribution in [0.1, 0.15) is 62.6 Å². The van der Waals surface area contributed by atoms with Gasteiger partial charge >= 0.3 is 0 Å². The minimum Gasteiger partial charge on any atom is -0.351 e. The van der Waals surface area contributed by atoms with E-state index >= 15 is 0 Å². The smallest absolute Gasteiger partial charge is 0.233 e. The summed E-state index contributed by atoms with van der Waals surface area (Å²) in [6.45, 7) is 8.32. The normalized spacial score (nSPS) is 10.9. The predicted molar refractivity (Wildman–Crippen MR) is 106 cm³/mol. The second-order valence-corrected chi connectivity index (χ2v) is 7.21. The number of halogens is 1. The number of hydrogen-bond acceptors (Lipinski definition) is 2. The predicted octanol–water partition coefficient (Wildman–Crippen LogP) is 4.72. The number of para-hydroxylation sites is 1. The molecule has 0 unspecified atom stereocenters. The molecule has 0 aliphatic carbocycles. The standard InChI is InChI=1S/C22H27FN2O2/c1-14(2)17-9-7-10-18(15(3)4)22(17)25-21(27)12-20(26)24-13-16-8-5-6-11-19(16)23/h5-11,14-15H,12-13H2,1-4H3,(H,24,26)(H,25,27). The average Bonchev–Trinajstić information content (AvgIpc) is 2.60. The van der Waals surface area contributed by atoms with Crippen LogP contribution in [0.4, 0.5) is 10.1 Å². The first kappa shape index (κ1) is 20.6. The minimum absolute atomic E-state index is 0.0542. The summed E-state index contributed by atoms with van der Waals surface area (Å²) in [6.07, 6.45) is -0.307. The lowest BCUT2D eigenvalue weighted by Gasteiger charge is -2.20. The van der Waals surface area contributed by atoms with Crippen molar-refractivity contribution in [1.29, 1.82) is 0 Å². The first-order chi connectivity index (χ1) is 12.8. The Morgan fingerprint density at radius 1 is 0.889 bits per heavy atom. The molecule has 0 aliphatic rings. The molecule has 2 amide bonds. The van der Waals surface area contributed by atoms with Crippen LogP contribution in [0.25, 0.3) is 0 Å². The maximum atomic E-state index is 13.6. The minimum atomic E-state index is -0.441. The van der Waals surface area contributed by atoms with Gasteiger partial charge in [0.25, 0.3) is 0 Å². The third kappa shape index (κ3) is 5.64. The van der Waals surface area contributed by atoms with E-state index in [1.807, 2.05) is 18.2 Å². The van der Waals surface area contributed by atoms with Gasteiger partial charge in [0, 0.05) is 17.8 Å². The SMILES string of the molecule is CC(C)c1cccc(C(C)C)c1NC(=O)CC(=O)NCc1ccccc1F. The Kier molecular flexibility index (Phi) is 7.11. The van der Waals surface area contributed by atoms with Crippen molar-refractivity contribution in [1.82, 2.24) is 5.32 Å². The van der Waals surface area contributed by atoms with Gasteiger partial charge in [0.1, 0.15) is 12.2 Å². The van der Waals surface area contributed by atoms with Gasteiger partial charge in [-0.25, -0.2) is 4.39 Å². The maximum Gasteiger partial charge on any atom is 0.233 e. The molecule has 0 fully saturated rings. The van der Waals surface area contributed by atoms with Gasteiger partial charge in [-0.3, -0.25) is 9.59 Å². The van der Waals surface area contributed by atoms with E-state index in [-0.39, 0.29) is 36.5 Å². The zero-order valence-corrected chi connectivity index (χ0v) is 16.3. The molecule has 2 aromatic carbocycles. The van der Waals surface area contributed by atoms with E-state index in [4.69, 9.17) is 0 Å². The molecule has 0 heterocycles. The number of carbonyl (C=O) groups is 2. The molecule has 0 aromatic heterocycles. The summed E-state index contributed by atoms with van der Waals surface area (Å²) in [7, 11) is 0. The second kappa shape index (κ2) is 9.31. The Balaban J connectivity index is 2.03. The maximum absolute atomic E-state index is 13.6. The molecule has 0 spiro atoms. The molecule has 0 bridgehead atoms. The first-order valence-corrected chi connectivity index (χ1v) is 9.22. The number of hydrogen-bond donors (Lipinski definition) is 2. The van der Waals surface area contributed by atoms with Crippen molar-refractivity contribution in [3.8, 4) is 0 Å². The molecular weight excluding hydrogens is 343 g/mol. The third-order valence-electron chi connectivity index (χ3n) is 4.39. The zero-order valence-electron chi connectivity index (χ0n) is 16.3. The van der Waals surface area contributed by atoms with Gasteiger partial charge in [-0.2, -0.15) is 0 Å². The molecule has 0 atom stereocenters. The lowest BCUT2D eigenvalue weighted by atomic mass is 9.92. The fraction of sp³-hybridized carbons (Fsp3) is 0.364. The van der Waals surface area contributed by atoms with Gasteiger partial charge in [0.15, 0.2) is 0 Å². The van der Waals surface area contributed by atoms with Crippen LogP contribution in [0, 0.1) is 5.82 Å². The van der Waals surface area contributed by atoms with Crippen LogP contribution in [0.3, 0.4) is 0 Å². The first-order valence-electron chi connectivity index (χ1n) is 9.22. The van der Waals surface area contributed by atoms with Gasteiger partial charge < -0.3 is 10.6 Å². The number of rotatable bonds is 7.